The molecule has 0 aromatic heterocycles. The molecule has 2 aliphatic rings. The van der Waals surface area contributed by atoms with Crippen LogP contribution in [0.25, 0.3) is 0 Å². The average molecular weight is 452 g/mol. The smallest absolute Gasteiger partial charge is 0.119 e. The first-order valence-corrected chi connectivity index (χ1v) is 11.4. The summed E-state index contributed by atoms with van der Waals surface area (Å²) >= 11 is 3.50. The summed E-state index contributed by atoms with van der Waals surface area (Å²) in [5.74, 6) is 2.88. The van der Waals surface area contributed by atoms with Crippen molar-refractivity contribution in [3.63, 3.8) is 0 Å². The molecule has 0 unspecified atom stereocenters. The summed E-state index contributed by atoms with van der Waals surface area (Å²) in [4.78, 5) is 4.88. The largest absolute Gasteiger partial charge is 0.497 e. The number of methoxy groups -OCH3 is 1. The zero-order valence-electron chi connectivity index (χ0n) is 17.4. The number of halogens is 1. The lowest BCUT2D eigenvalue weighted by molar-refractivity contribution is 0.0885. The fraction of sp³-hybridized carbons (Fsp3) is 0.423. The van der Waals surface area contributed by atoms with Gasteiger partial charge in [0, 0.05) is 16.1 Å². The minimum Gasteiger partial charge on any atom is -0.497 e. The van der Waals surface area contributed by atoms with Crippen LogP contribution >= 0.6 is 15.9 Å². The van der Waals surface area contributed by atoms with Gasteiger partial charge in [-0.3, -0.25) is 4.99 Å². The van der Waals surface area contributed by atoms with Crippen molar-refractivity contribution in [2.45, 2.75) is 44.9 Å². The number of allylic oxidation sites excluding steroid dienone is 1. The van der Waals surface area contributed by atoms with E-state index in [2.05, 4.69) is 84.2 Å². The highest BCUT2D eigenvalue weighted by Crippen LogP contribution is 2.55. The summed E-state index contributed by atoms with van der Waals surface area (Å²) in [6.07, 6.45) is 10.2. The van der Waals surface area contributed by atoms with Gasteiger partial charge in [0.1, 0.15) is 5.75 Å². The summed E-state index contributed by atoms with van der Waals surface area (Å²) in [5, 5.41) is 0. The number of benzene rings is 2. The molecule has 0 aliphatic heterocycles. The molecule has 29 heavy (non-hydrogen) atoms. The number of ether oxygens (including phenoxy) is 1. The first-order chi connectivity index (χ1) is 14.0. The molecular weight excluding hydrogens is 422 g/mol. The number of aliphatic imine (C=N–C) groups is 1. The van der Waals surface area contributed by atoms with E-state index in [0.717, 1.165) is 35.2 Å². The number of aryl methyl sites for hydroxylation is 1. The Bertz CT molecular complexity index is 903. The molecule has 0 radical (unpaired) electrons. The Kier molecular flexibility index (Phi) is 5.96. The second kappa shape index (κ2) is 8.47. The molecule has 0 amide bonds. The molecule has 2 aromatic rings. The molecule has 1 saturated carbocycles. The van der Waals surface area contributed by atoms with E-state index in [4.69, 9.17) is 9.73 Å². The van der Waals surface area contributed by atoms with Gasteiger partial charge < -0.3 is 4.74 Å². The lowest BCUT2D eigenvalue weighted by atomic mass is 9.54. The lowest BCUT2D eigenvalue weighted by Gasteiger charge is -2.50. The van der Waals surface area contributed by atoms with E-state index in [1.807, 2.05) is 0 Å². The predicted octanol–water partition coefficient (Wildman–Crippen LogP) is 7.50. The van der Waals surface area contributed by atoms with Gasteiger partial charge in [-0.1, -0.05) is 35.0 Å². The standard InChI is InChI=1S/C26H30BrNO/c1-4-5-25-24-12-6-18-16-21(29-3)11-13-22(18)23(24)14-15-26(25,2)17-28-20-9-7-19(27)8-10-20/h4,7-11,13,16-17,23-25H,1,5-6,12,14-15H2,2-3H3/t23-,24-,25+,26+/m1/s1. The van der Waals surface area contributed by atoms with Gasteiger partial charge in [-0.05, 0) is 97.4 Å². The third-order valence-corrected chi connectivity index (χ3v) is 7.66. The molecule has 0 heterocycles. The Labute approximate surface area is 183 Å². The number of nitrogens with zero attached hydrogens (tertiary/aromatic N) is 1. The number of hydrogen-bond acceptors (Lipinski definition) is 2. The maximum atomic E-state index is 5.46. The highest BCUT2D eigenvalue weighted by atomic mass is 79.9. The molecule has 0 bridgehead atoms. The molecule has 0 saturated heterocycles. The first-order valence-electron chi connectivity index (χ1n) is 10.6. The van der Waals surface area contributed by atoms with Crippen LogP contribution in [0.5, 0.6) is 5.75 Å². The lowest BCUT2D eigenvalue weighted by Crippen LogP contribution is -2.43. The summed E-state index contributed by atoms with van der Waals surface area (Å²) in [5.41, 5.74) is 4.15. The zero-order valence-corrected chi connectivity index (χ0v) is 19.0. The third kappa shape index (κ3) is 4.07. The zero-order chi connectivity index (χ0) is 20.4. The summed E-state index contributed by atoms with van der Waals surface area (Å²) in [6, 6.07) is 14.9. The predicted molar refractivity (Wildman–Crippen MR) is 125 cm³/mol. The van der Waals surface area contributed by atoms with Crippen molar-refractivity contribution in [3.05, 3.63) is 70.7 Å². The number of fused-ring (bicyclic) bond motifs is 3. The average Bonchev–Trinajstić information content (AvgIpc) is 2.75. The quantitative estimate of drug-likeness (QED) is 0.340. The van der Waals surface area contributed by atoms with Crippen molar-refractivity contribution < 1.29 is 4.74 Å². The van der Waals surface area contributed by atoms with E-state index in [0.29, 0.717) is 17.8 Å². The van der Waals surface area contributed by atoms with Gasteiger partial charge in [0.15, 0.2) is 0 Å². The monoisotopic (exact) mass is 451 g/mol. The second-order valence-corrected chi connectivity index (χ2v) is 9.70. The first kappa shape index (κ1) is 20.4. The van der Waals surface area contributed by atoms with Crippen LogP contribution in [0, 0.1) is 17.3 Å². The maximum absolute atomic E-state index is 5.46. The molecule has 2 aromatic carbocycles. The van der Waals surface area contributed by atoms with Crippen LogP contribution in [0.15, 0.2) is 64.6 Å². The van der Waals surface area contributed by atoms with Crippen molar-refractivity contribution in [2.24, 2.45) is 22.2 Å². The summed E-state index contributed by atoms with van der Waals surface area (Å²) in [7, 11) is 1.75. The molecule has 0 spiro atoms. The number of rotatable bonds is 5. The van der Waals surface area contributed by atoms with Gasteiger partial charge in [-0.25, -0.2) is 0 Å². The van der Waals surface area contributed by atoms with E-state index >= 15 is 0 Å². The minimum absolute atomic E-state index is 0.104. The SMILES string of the molecule is C=CC[C@H]1[C@@H]2CCc3cc(OC)ccc3[C@H]2CC[C@@]1(C)C=Nc1ccc(Br)cc1. The van der Waals surface area contributed by atoms with Crippen molar-refractivity contribution in [3.8, 4) is 5.75 Å². The minimum atomic E-state index is 0.104. The van der Waals surface area contributed by atoms with Gasteiger partial charge in [-0.15, -0.1) is 6.58 Å². The van der Waals surface area contributed by atoms with E-state index in [9.17, 15) is 0 Å². The van der Waals surface area contributed by atoms with Crippen LogP contribution < -0.4 is 4.74 Å². The van der Waals surface area contributed by atoms with Crippen molar-refractivity contribution in [2.75, 3.05) is 7.11 Å². The Morgan fingerprint density at radius 3 is 2.72 bits per heavy atom. The molecule has 4 rings (SSSR count). The highest BCUT2D eigenvalue weighted by molar-refractivity contribution is 9.10. The Balaban J connectivity index is 1.62. The van der Waals surface area contributed by atoms with E-state index in [1.54, 1.807) is 12.7 Å². The van der Waals surface area contributed by atoms with E-state index in [-0.39, 0.29) is 5.41 Å². The van der Waals surface area contributed by atoms with Gasteiger partial charge in [-0.2, -0.15) is 0 Å². The van der Waals surface area contributed by atoms with Crippen LogP contribution in [0.1, 0.15) is 49.7 Å². The van der Waals surface area contributed by atoms with Crippen molar-refractivity contribution >= 4 is 27.8 Å². The molecule has 3 heteroatoms. The van der Waals surface area contributed by atoms with Crippen molar-refractivity contribution in [1.29, 1.82) is 0 Å². The molecule has 1 fully saturated rings. The van der Waals surface area contributed by atoms with Crippen molar-refractivity contribution in [1.82, 2.24) is 0 Å². The van der Waals surface area contributed by atoms with E-state index < -0.39 is 0 Å². The fourth-order valence-electron chi connectivity index (χ4n) is 5.57. The third-order valence-electron chi connectivity index (χ3n) is 7.13. The normalized spacial score (nSPS) is 28.6. The topological polar surface area (TPSA) is 21.6 Å². The van der Waals surface area contributed by atoms with Crippen LogP contribution in [0.4, 0.5) is 5.69 Å². The van der Waals surface area contributed by atoms with Crippen LogP contribution in [0.2, 0.25) is 0 Å². The van der Waals surface area contributed by atoms with Crippen LogP contribution in [-0.2, 0) is 6.42 Å². The maximum Gasteiger partial charge on any atom is 0.119 e. The van der Waals surface area contributed by atoms with Gasteiger partial charge in [0.05, 0.1) is 12.8 Å². The van der Waals surface area contributed by atoms with Crippen LogP contribution in [0.3, 0.4) is 0 Å². The molecule has 2 nitrogen and oxygen atoms in total. The van der Waals surface area contributed by atoms with Gasteiger partial charge >= 0.3 is 0 Å². The van der Waals surface area contributed by atoms with E-state index in [1.165, 1.54) is 18.4 Å². The Morgan fingerprint density at radius 2 is 2.00 bits per heavy atom. The number of hydrogen-bond donors (Lipinski definition) is 0. The Morgan fingerprint density at radius 1 is 1.21 bits per heavy atom. The van der Waals surface area contributed by atoms with Gasteiger partial charge in [0.25, 0.3) is 0 Å². The highest BCUT2D eigenvalue weighted by Gasteiger charge is 2.47. The summed E-state index contributed by atoms with van der Waals surface area (Å²) in [6.45, 7) is 6.49. The van der Waals surface area contributed by atoms with Gasteiger partial charge in [0.2, 0.25) is 0 Å². The van der Waals surface area contributed by atoms with Crippen LogP contribution in [-0.4, -0.2) is 13.3 Å². The molecule has 4 atom stereocenters. The molecule has 152 valence electrons. The molecule has 2 aliphatic carbocycles. The Hall–Kier alpha value is -1.87. The summed E-state index contributed by atoms with van der Waals surface area (Å²) < 4.78 is 6.54. The molecule has 0 N–H and O–H groups in total. The second-order valence-electron chi connectivity index (χ2n) is 8.78. The fourth-order valence-corrected chi connectivity index (χ4v) is 5.83. The molecular formula is C26H30BrNO.